The zero-order chi connectivity index (χ0) is 11.6. The predicted octanol–water partition coefficient (Wildman–Crippen LogP) is 3.07. The van der Waals surface area contributed by atoms with E-state index in [4.69, 9.17) is 0 Å². The molecule has 0 aromatic carbocycles. The minimum absolute atomic E-state index is 0.131. The van der Waals surface area contributed by atoms with E-state index in [0.717, 1.165) is 6.42 Å². The Balaban J connectivity index is 1.92. The number of anilines is 1. The summed E-state index contributed by atoms with van der Waals surface area (Å²) in [6.45, 7) is 0. The Morgan fingerprint density at radius 1 is 1.38 bits per heavy atom. The van der Waals surface area contributed by atoms with E-state index in [1.54, 1.807) is 5.51 Å². The first-order valence-electron chi connectivity index (χ1n) is 5.15. The Kier molecular flexibility index (Phi) is 3.32. The molecule has 0 amide bonds. The quantitative estimate of drug-likeness (QED) is 0.877. The number of rotatable bonds is 2. The number of nitrogens with zero attached hydrogens (tertiary/aromatic N) is 2. The SMILES string of the molecule is FC(F)(F)C1CCCC(Nc2nncs2)C1. The van der Waals surface area contributed by atoms with Crippen LogP contribution in [0, 0.1) is 5.92 Å². The predicted molar refractivity (Wildman–Crippen MR) is 55.3 cm³/mol. The second-order valence-electron chi connectivity index (χ2n) is 3.99. The van der Waals surface area contributed by atoms with Gasteiger partial charge in [0.05, 0.1) is 5.92 Å². The van der Waals surface area contributed by atoms with Crippen LogP contribution < -0.4 is 5.32 Å². The third kappa shape index (κ3) is 2.84. The van der Waals surface area contributed by atoms with Crippen molar-refractivity contribution in [1.82, 2.24) is 10.2 Å². The molecule has 2 rings (SSSR count). The highest BCUT2D eigenvalue weighted by Crippen LogP contribution is 2.38. The molecule has 0 aliphatic heterocycles. The first-order chi connectivity index (χ1) is 7.55. The van der Waals surface area contributed by atoms with Gasteiger partial charge in [0.1, 0.15) is 5.51 Å². The Hall–Kier alpha value is -0.850. The van der Waals surface area contributed by atoms with Crippen LogP contribution >= 0.6 is 11.3 Å². The summed E-state index contributed by atoms with van der Waals surface area (Å²) >= 11 is 1.31. The molecule has 1 aromatic rings. The van der Waals surface area contributed by atoms with E-state index < -0.39 is 12.1 Å². The number of hydrogen-bond donors (Lipinski definition) is 1. The van der Waals surface area contributed by atoms with Gasteiger partial charge in [-0.1, -0.05) is 17.8 Å². The van der Waals surface area contributed by atoms with Crippen molar-refractivity contribution in [2.45, 2.75) is 37.9 Å². The molecular formula is C9H12F3N3S. The van der Waals surface area contributed by atoms with E-state index in [1.807, 2.05) is 0 Å². The van der Waals surface area contributed by atoms with Crippen molar-refractivity contribution in [2.24, 2.45) is 5.92 Å². The molecule has 16 heavy (non-hydrogen) atoms. The van der Waals surface area contributed by atoms with Crippen molar-refractivity contribution in [2.75, 3.05) is 5.32 Å². The summed E-state index contributed by atoms with van der Waals surface area (Å²) in [5.41, 5.74) is 1.56. The van der Waals surface area contributed by atoms with Crippen molar-refractivity contribution in [3.05, 3.63) is 5.51 Å². The van der Waals surface area contributed by atoms with Crippen LogP contribution in [0.1, 0.15) is 25.7 Å². The van der Waals surface area contributed by atoms with E-state index >= 15 is 0 Å². The zero-order valence-corrected chi connectivity index (χ0v) is 9.31. The highest BCUT2D eigenvalue weighted by molar-refractivity contribution is 7.13. The van der Waals surface area contributed by atoms with Crippen LogP contribution in [0.5, 0.6) is 0 Å². The van der Waals surface area contributed by atoms with Crippen LogP contribution in [0.3, 0.4) is 0 Å². The Morgan fingerprint density at radius 3 is 2.81 bits per heavy atom. The van der Waals surface area contributed by atoms with Gasteiger partial charge in [0.2, 0.25) is 5.13 Å². The molecule has 1 aliphatic carbocycles. The maximum absolute atomic E-state index is 12.5. The van der Waals surface area contributed by atoms with Crippen LogP contribution in [0.15, 0.2) is 5.51 Å². The Morgan fingerprint density at radius 2 is 2.19 bits per heavy atom. The number of aromatic nitrogens is 2. The maximum Gasteiger partial charge on any atom is 0.391 e. The van der Waals surface area contributed by atoms with Crippen molar-refractivity contribution >= 4 is 16.5 Å². The fraction of sp³-hybridized carbons (Fsp3) is 0.778. The van der Waals surface area contributed by atoms with Crippen molar-refractivity contribution in [3.8, 4) is 0 Å². The lowest BCUT2D eigenvalue weighted by Gasteiger charge is -2.30. The minimum atomic E-state index is -4.07. The number of alkyl halides is 3. The van der Waals surface area contributed by atoms with Crippen LogP contribution in [0.25, 0.3) is 0 Å². The lowest BCUT2D eigenvalue weighted by atomic mass is 9.85. The Bertz CT molecular complexity index is 325. The summed E-state index contributed by atoms with van der Waals surface area (Å²) in [7, 11) is 0. The molecule has 1 N–H and O–H groups in total. The first-order valence-corrected chi connectivity index (χ1v) is 6.03. The molecule has 2 unspecified atom stereocenters. The lowest BCUT2D eigenvalue weighted by molar-refractivity contribution is -0.182. The standard InChI is InChI=1S/C9H12F3N3S/c10-9(11,12)6-2-1-3-7(4-6)14-8-15-13-5-16-8/h5-7H,1-4H2,(H,14,15). The molecule has 1 heterocycles. The molecule has 3 nitrogen and oxygen atoms in total. The summed E-state index contributed by atoms with van der Waals surface area (Å²) < 4.78 is 37.6. The average molecular weight is 251 g/mol. The second-order valence-corrected chi connectivity index (χ2v) is 4.82. The molecular weight excluding hydrogens is 239 g/mol. The molecule has 1 fully saturated rings. The maximum atomic E-state index is 12.5. The van der Waals surface area contributed by atoms with Crippen molar-refractivity contribution in [3.63, 3.8) is 0 Å². The summed E-state index contributed by atoms with van der Waals surface area (Å²) in [5.74, 6) is -1.17. The van der Waals surface area contributed by atoms with E-state index in [9.17, 15) is 13.2 Å². The summed E-state index contributed by atoms with van der Waals surface area (Å²) in [4.78, 5) is 0. The normalized spacial score (nSPS) is 26.7. The molecule has 1 aromatic heterocycles. The molecule has 0 saturated heterocycles. The molecule has 0 radical (unpaired) electrons. The van der Waals surface area contributed by atoms with Gasteiger partial charge in [0.25, 0.3) is 0 Å². The second kappa shape index (κ2) is 4.57. The van der Waals surface area contributed by atoms with Gasteiger partial charge in [0, 0.05) is 6.04 Å². The lowest BCUT2D eigenvalue weighted by Crippen LogP contribution is -2.34. The van der Waals surface area contributed by atoms with Gasteiger partial charge in [-0.25, -0.2) is 0 Å². The van der Waals surface area contributed by atoms with Gasteiger partial charge in [-0.15, -0.1) is 10.2 Å². The molecule has 0 bridgehead atoms. The van der Waals surface area contributed by atoms with Gasteiger partial charge in [0.15, 0.2) is 0 Å². The third-order valence-electron chi connectivity index (χ3n) is 2.82. The molecule has 2 atom stereocenters. The number of halogens is 3. The summed E-state index contributed by atoms with van der Waals surface area (Å²) in [6.07, 6.45) is -2.30. The first kappa shape index (κ1) is 11.6. The molecule has 90 valence electrons. The van der Waals surface area contributed by atoms with Gasteiger partial charge >= 0.3 is 6.18 Å². The fourth-order valence-electron chi connectivity index (χ4n) is 2.03. The summed E-state index contributed by atoms with van der Waals surface area (Å²) in [5, 5.41) is 11.0. The smallest absolute Gasteiger partial charge is 0.357 e. The zero-order valence-electron chi connectivity index (χ0n) is 8.50. The fourth-order valence-corrected chi connectivity index (χ4v) is 2.55. The Labute approximate surface area is 95.1 Å². The highest BCUT2D eigenvalue weighted by Gasteiger charge is 2.42. The highest BCUT2D eigenvalue weighted by atomic mass is 32.1. The average Bonchev–Trinajstić information content (AvgIpc) is 2.70. The third-order valence-corrected chi connectivity index (χ3v) is 3.45. The van der Waals surface area contributed by atoms with E-state index in [2.05, 4.69) is 15.5 Å². The number of hydrogen-bond acceptors (Lipinski definition) is 4. The molecule has 1 aliphatic rings. The van der Waals surface area contributed by atoms with Crippen LogP contribution in [0.4, 0.5) is 18.3 Å². The topological polar surface area (TPSA) is 37.8 Å². The van der Waals surface area contributed by atoms with Crippen LogP contribution in [0.2, 0.25) is 0 Å². The number of nitrogens with one attached hydrogen (secondary N) is 1. The van der Waals surface area contributed by atoms with E-state index in [1.165, 1.54) is 11.3 Å². The molecule has 0 spiro atoms. The van der Waals surface area contributed by atoms with Gasteiger partial charge < -0.3 is 5.32 Å². The minimum Gasteiger partial charge on any atom is -0.357 e. The largest absolute Gasteiger partial charge is 0.391 e. The van der Waals surface area contributed by atoms with Crippen LogP contribution in [-0.2, 0) is 0 Å². The van der Waals surface area contributed by atoms with E-state index in [0.29, 0.717) is 11.6 Å². The van der Waals surface area contributed by atoms with Gasteiger partial charge in [-0.2, -0.15) is 13.2 Å². The van der Waals surface area contributed by atoms with E-state index in [-0.39, 0.29) is 18.9 Å². The van der Waals surface area contributed by atoms with Crippen molar-refractivity contribution in [1.29, 1.82) is 0 Å². The molecule has 1 saturated carbocycles. The van der Waals surface area contributed by atoms with Gasteiger partial charge in [-0.3, -0.25) is 0 Å². The summed E-state index contributed by atoms with van der Waals surface area (Å²) in [6, 6.07) is -0.131. The monoisotopic (exact) mass is 251 g/mol. The van der Waals surface area contributed by atoms with Crippen molar-refractivity contribution < 1.29 is 13.2 Å². The molecule has 7 heteroatoms. The van der Waals surface area contributed by atoms with Crippen LogP contribution in [-0.4, -0.2) is 22.4 Å². The van der Waals surface area contributed by atoms with Gasteiger partial charge in [-0.05, 0) is 19.3 Å².